The van der Waals surface area contributed by atoms with Gasteiger partial charge in [-0.05, 0) is 50.2 Å². The number of ether oxygens (including phenoxy) is 2. The van der Waals surface area contributed by atoms with Gasteiger partial charge < -0.3 is 19.2 Å². The lowest BCUT2D eigenvalue weighted by atomic mass is 9.83. The first-order chi connectivity index (χ1) is 13.4. The van der Waals surface area contributed by atoms with Gasteiger partial charge in [-0.15, -0.1) is 0 Å². The van der Waals surface area contributed by atoms with Crippen LogP contribution in [-0.2, 0) is 19.1 Å². The van der Waals surface area contributed by atoms with E-state index in [0.29, 0.717) is 39.1 Å². The quantitative estimate of drug-likeness (QED) is 0.774. The summed E-state index contributed by atoms with van der Waals surface area (Å²) in [4.78, 5) is 25.0. The predicted octanol–water partition coefficient (Wildman–Crippen LogP) is 4.18. The second-order valence-corrected chi connectivity index (χ2v) is 6.76. The molecule has 28 heavy (non-hydrogen) atoms. The van der Waals surface area contributed by atoms with Crippen LogP contribution in [0.1, 0.15) is 25.5 Å². The molecule has 1 aliphatic rings. The van der Waals surface area contributed by atoms with Gasteiger partial charge >= 0.3 is 11.9 Å². The molecule has 146 valence electrons. The molecule has 0 bridgehead atoms. The molecule has 6 nitrogen and oxygen atoms in total. The van der Waals surface area contributed by atoms with E-state index in [2.05, 4.69) is 5.32 Å². The number of hydrogen-bond acceptors (Lipinski definition) is 6. The third-order valence-corrected chi connectivity index (χ3v) is 4.86. The maximum Gasteiger partial charge on any atom is 0.336 e. The zero-order valence-electron chi connectivity index (χ0n) is 16.0. The molecule has 7 heteroatoms. The van der Waals surface area contributed by atoms with Crippen molar-refractivity contribution in [1.82, 2.24) is 5.32 Å². The number of methoxy groups -OCH3 is 2. The molecule has 2 heterocycles. The van der Waals surface area contributed by atoms with E-state index in [9.17, 15) is 9.59 Å². The zero-order valence-corrected chi connectivity index (χ0v) is 16.7. The molecule has 0 fully saturated rings. The van der Waals surface area contributed by atoms with E-state index < -0.39 is 17.9 Å². The molecule has 0 saturated heterocycles. The monoisotopic (exact) mass is 401 g/mol. The van der Waals surface area contributed by atoms with Crippen LogP contribution in [0.25, 0.3) is 11.3 Å². The van der Waals surface area contributed by atoms with E-state index in [0.717, 1.165) is 5.56 Å². The first-order valence-electron chi connectivity index (χ1n) is 8.58. The Labute approximate surface area is 167 Å². The predicted molar refractivity (Wildman–Crippen MR) is 104 cm³/mol. The second-order valence-electron chi connectivity index (χ2n) is 6.33. The summed E-state index contributed by atoms with van der Waals surface area (Å²) in [6.07, 6.45) is 0. The largest absolute Gasteiger partial charge is 0.466 e. The topological polar surface area (TPSA) is 77.8 Å². The number of esters is 2. The van der Waals surface area contributed by atoms with Crippen LogP contribution in [0.2, 0.25) is 5.02 Å². The Hall–Kier alpha value is -2.99. The molecular weight excluding hydrogens is 382 g/mol. The standard InChI is InChI=1S/C21H20ClNO5/c1-11-17(20(24)26-3)19(18(12(2)23-11)21(25)27-4)16-10-9-15(28-16)13-5-7-14(22)8-6-13/h5-10,19,23H,1-4H3. The molecule has 1 aromatic carbocycles. The van der Waals surface area contributed by atoms with Gasteiger partial charge in [-0.2, -0.15) is 0 Å². The number of carbonyl (C=O) groups excluding carboxylic acids is 2. The molecule has 3 rings (SSSR count). The summed E-state index contributed by atoms with van der Waals surface area (Å²) in [6.45, 7) is 3.50. The molecule has 0 atom stereocenters. The summed E-state index contributed by atoms with van der Waals surface area (Å²) in [7, 11) is 2.59. The van der Waals surface area contributed by atoms with Crippen molar-refractivity contribution in [3.8, 4) is 11.3 Å². The molecule has 0 saturated carbocycles. The van der Waals surface area contributed by atoms with E-state index in [1.54, 1.807) is 38.1 Å². The van der Waals surface area contributed by atoms with Crippen LogP contribution >= 0.6 is 11.6 Å². The lowest BCUT2D eigenvalue weighted by molar-refractivity contribution is -0.137. The number of rotatable bonds is 4. The normalized spacial score (nSPS) is 14.8. The summed E-state index contributed by atoms with van der Waals surface area (Å²) >= 11 is 5.95. The van der Waals surface area contributed by atoms with E-state index in [1.807, 2.05) is 12.1 Å². The van der Waals surface area contributed by atoms with Gasteiger partial charge in [-0.1, -0.05) is 11.6 Å². The van der Waals surface area contributed by atoms with Crippen LogP contribution in [0, 0.1) is 0 Å². The van der Waals surface area contributed by atoms with Crippen molar-refractivity contribution >= 4 is 23.5 Å². The summed E-state index contributed by atoms with van der Waals surface area (Å²) < 4.78 is 15.9. The molecule has 0 aliphatic carbocycles. The SMILES string of the molecule is COC(=O)C1=C(C)NC(C)=C(C(=O)OC)C1c1ccc(-c2ccc(Cl)cc2)o1. The summed E-state index contributed by atoms with van der Waals surface area (Å²) in [5.41, 5.74) is 2.60. The highest BCUT2D eigenvalue weighted by molar-refractivity contribution is 6.30. The first kappa shape index (κ1) is 19.8. The third kappa shape index (κ3) is 3.55. The number of hydrogen-bond donors (Lipinski definition) is 1. The van der Waals surface area contributed by atoms with Gasteiger partial charge in [0.25, 0.3) is 0 Å². The summed E-state index contributed by atoms with van der Waals surface area (Å²) in [5, 5.41) is 3.67. The van der Waals surface area contributed by atoms with Crippen LogP contribution in [0.4, 0.5) is 0 Å². The van der Waals surface area contributed by atoms with Gasteiger partial charge in [0, 0.05) is 22.0 Å². The molecule has 1 aromatic heterocycles. The van der Waals surface area contributed by atoms with Crippen molar-refractivity contribution in [1.29, 1.82) is 0 Å². The van der Waals surface area contributed by atoms with Gasteiger partial charge in [-0.3, -0.25) is 0 Å². The van der Waals surface area contributed by atoms with Crippen molar-refractivity contribution in [3.05, 3.63) is 69.7 Å². The van der Waals surface area contributed by atoms with Crippen molar-refractivity contribution < 1.29 is 23.5 Å². The summed E-state index contributed by atoms with van der Waals surface area (Å²) in [6, 6.07) is 10.7. The van der Waals surface area contributed by atoms with Gasteiger partial charge in [0.05, 0.1) is 31.3 Å². The number of allylic oxidation sites excluding steroid dienone is 2. The van der Waals surface area contributed by atoms with Crippen LogP contribution in [-0.4, -0.2) is 26.2 Å². The van der Waals surface area contributed by atoms with Gasteiger partial charge in [0.15, 0.2) is 0 Å². The Bertz CT molecular complexity index is 946. The number of halogens is 1. The fraction of sp³-hybridized carbons (Fsp3) is 0.238. The molecule has 0 amide bonds. The molecule has 0 unspecified atom stereocenters. The Morgan fingerprint density at radius 3 is 1.96 bits per heavy atom. The van der Waals surface area contributed by atoms with Crippen molar-refractivity contribution in [2.75, 3.05) is 14.2 Å². The Morgan fingerprint density at radius 1 is 0.929 bits per heavy atom. The van der Waals surface area contributed by atoms with Gasteiger partial charge in [-0.25, -0.2) is 9.59 Å². The molecule has 1 aliphatic heterocycles. The van der Waals surface area contributed by atoms with Crippen LogP contribution in [0.3, 0.4) is 0 Å². The first-order valence-corrected chi connectivity index (χ1v) is 8.96. The fourth-order valence-electron chi connectivity index (χ4n) is 3.32. The number of dihydropyridines is 1. The molecule has 2 aromatic rings. The maximum absolute atomic E-state index is 12.5. The number of furan rings is 1. The van der Waals surface area contributed by atoms with Crippen LogP contribution in [0.15, 0.2) is 63.4 Å². The second kappa shape index (κ2) is 7.94. The average molecular weight is 402 g/mol. The average Bonchev–Trinajstić information content (AvgIpc) is 3.16. The van der Waals surface area contributed by atoms with Crippen LogP contribution < -0.4 is 5.32 Å². The summed E-state index contributed by atoms with van der Waals surface area (Å²) in [5.74, 6) is -0.816. The highest BCUT2D eigenvalue weighted by Crippen LogP contribution is 2.41. The highest BCUT2D eigenvalue weighted by Gasteiger charge is 2.39. The molecular formula is C21H20ClNO5. The van der Waals surface area contributed by atoms with E-state index in [-0.39, 0.29) is 0 Å². The Kier molecular flexibility index (Phi) is 5.61. The Balaban J connectivity index is 2.13. The molecule has 1 N–H and O–H groups in total. The van der Waals surface area contributed by atoms with Crippen molar-refractivity contribution in [2.45, 2.75) is 19.8 Å². The minimum absolute atomic E-state index is 0.297. The van der Waals surface area contributed by atoms with Gasteiger partial charge in [0.2, 0.25) is 0 Å². The van der Waals surface area contributed by atoms with Crippen molar-refractivity contribution in [3.63, 3.8) is 0 Å². The zero-order chi connectivity index (χ0) is 20.4. The molecule has 0 radical (unpaired) electrons. The van der Waals surface area contributed by atoms with E-state index in [1.165, 1.54) is 14.2 Å². The lowest BCUT2D eigenvalue weighted by Crippen LogP contribution is -2.31. The number of nitrogens with one attached hydrogen (secondary N) is 1. The van der Waals surface area contributed by atoms with Crippen LogP contribution in [0.5, 0.6) is 0 Å². The van der Waals surface area contributed by atoms with Crippen molar-refractivity contribution in [2.24, 2.45) is 0 Å². The van der Waals surface area contributed by atoms with Gasteiger partial charge in [0.1, 0.15) is 11.5 Å². The number of benzene rings is 1. The minimum Gasteiger partial charge on any atom is -0.466 e. The third-order valence-electron chi connectivity index (χ3n) is 4.61. The molecule has 0 spiro atoms. The smallest absolute Gasteiger partial charge is 0.336 e. The van der Waals surface area contributed by atoms with E-state index in [4.69, 9.17) is 25.5 Å². The number of carbonyl (C=O) groups is 2. The lowest BCUT2D eigenvalue weighted by Gasteiger charge is -2.28. The van der Waals surface area contributed by atoms with E-state index >= 15 is 0 Å². The fourth-order valence-corrected chi connectivity index (χ4v) is 3.44. The minimum atomic E-state index is -0.748. The Morgan fingerprint density at radius 2 is 1.46 bits per heavy atom. The maximum atomic E-state index is 12.5. The highest BCUT2D eigenvalue weighted by atomic mass is 35.5.